The van der Waals surface area contributed by atoms with Gasteiger partial charge in [-0.15, -0.1) is 11.3 Å². The van der Waals surface area contributed by atoms with Gasteiger partial charge in [0, 0.05) is 47.3 Å². The molecule has 5 heteroatoms. The average molecular weight is 566 g/mol. The van der Waals surface area contributed by atoms with E-state index in [-0.39, 0.29) is 0 Å². The molecule has 43 heavy (non-hydrogen) atoms. The van der Waals surface area contributed by atoms with Gasteiger partial charge in [0.1, 0.15) is 16.9 Å². The molecule has 0 saturated heterocycles. The second-order valence-corrected chi connectivity index (χ2v) is 12.4. The fourth-order valence-electron chi connectivity index (χ4n) is 7.42. The smallest absolute Gasteiger partial charge is 0.165 e. The molecule has 0 radical (unpaired) electrons. The largest absolute Gasteiger partial charge is 0.456 e. The van der Waals surface area contributed by atoms with Gasteiger partial charge in [-0.25, -0.2) is 9.97 Å². The number of hydrogen-bond acceptors (Lipinski definition) is 4. The molecule has 0 spiro atoms. The topological polar surface area (TPSA) is 43.9 Å². The number of para-hydroxylation sites is 2. The molecule has 0 bridgehead atoms. The Hall–Kier alpha value is -5.52. The molecule has 0 fully saturated rings. The lowest BCUT2D eigenvalue weighted by Gasteiger charge is -2.13. The Bertz CT molecular complexity index is 2890. The van der Waals surface area contributed by atoms with Crippen LogP contribution >= 0.6 is 11.3 Å². The summed E-state index contributed by atoms with van der Waals surface area (Å²) in [6.07, 6.45) is 0. The lowest BCUT2D eigenvalue weighted by atomic mass is 9.95. The Morgan fingerprint density at radius 2 is 1.16 bits per heavy atom. The highest BCUT2D eigenvalue weighted by Gasteiger charge is 2.26. The van der Waals surface area contributed by atoms with E-state index in [4.69, 9.17) is 14.4 Å². The summed E-state index contributed by atoms with van der Waals surface area (Å²) in [6, 6.07) is 40.6. The molecule has 0 aliphatic heterocycles. The minimum Gasteiger partial charge on any atom is -0.456 e. The van der Waals surface area contributed by atoms with Crippen molar-refractivity contribution in [1.29, 1.82) is 0 Å². The van der Waals surface area contributed by atoms with E-state index in [9.17, 15) is 0 Å². The quantitative estimate of drug-likeness (QED) is 0.209. The minimum atomic E-state index is 0.825. The predicted molar refractivity (Wildman–Crippen MR) is 179 cm³/mol. The zero-order chi connectivity index (χ0) is 27.8. The van der Waals surface area contributed by atoms with Gasteiger partial charge >= 0.3 is 0 Å². The molecule has 7 aromatic carbocycles. The maximum absolute atomic E-state index is 6.59. The van der Waals surface area contributed by atoms with Gasteiger partial charge in [-0.2, -0.15) is 0 Å². The van der Waals surface area contributed by atoms with Crippen LogP contribution in [0, 0.1) is 0 Å². The summed E-state index contributed by atoms with van der Waals surface area (Å²) in [5.74, 6) is 0.825. The van der Waals surface area contributed by atoms with Crippen molar-refractivity contribution in [3.8, 4) is 17.1 Å². The highest BCUT2D eigenvalue weighted by Crippen LogP contribution is 2.51. The number of rotatable bonds is 2. The molecule has 4 aromatic heterocycles. The number of furan rings is 1. The summed E-state index contributed by atoms with van der Waals surface area (Å²) in [6.45, 7) is 0. The van der Waals surface area contributed by atoms with Gasteiger partial charge < -0.3 is 4.42 Å². The second-order valence-electron chi connectivity index (χ2n) is 11.3. The van der Waals surface area contributed by atoms with Crippen molar-refractivity contribution in [2.45, 2.75) is 0 Å². The van der Waals surface area contributed by atoms with Gasteiger partial charge in [-0.3, -0.25) is 4.57 Å². The van der Waals surface area contributed by atoms with Crippen LogP contribution < -0.4 is 0 Å². The van der Waals surface area contributed by atoms with Gasteiger partial charge in [0.05, 0.1) is 22.1 Å². The molecule has 11 rings (SSSR count). The Labute approximate surface area is 247 Å². The van der Waals surface area contributed by atoms with Crippen molar-refractivity contribution in [1.82, 2.24) is 14.5 Å². The third-order valence-corrected chi connectivity index (χ3v) is 10.2. The van der Waals surface area contributed by atoms with Gasteiger partial charge in [-0.1, -0.05) is 66.7 Å². The van der Waals surface area contributed by atoms with E-state index in [0.29, 0.717) is 0 Å². The summed E-state index contributed by atoms with van der Waals surface area (Å²) in [5.41, 5.74) is 7.70. The zero-order valence-corrected chi connectivity index (χ0v) is 23.4. The van der Waals surface area contributed by atoms with E-state index in [1.54, 1.807) is 0 Å². The minimum absolute atomic E-state index is 0.825. The monoisotopic (exact) mass is 565 g/mol. The van der Waals surface area contributed by atoms with Gasteiger partial charge in [0.15, 0.2) is 5.82 Å². The van der Waals surface area contributed by atoms with Crippen molar-refractivity contribution >= 4 is 97.1 Å². The van der Waals surface area contributed by atoms with Crippen molar-refractivity contribution < 1.29 is 4.42 Å². The molecular formula is C38H19N3OS. The maximum Gasteiger partial charge on any atom is 0.165 e. The summed E-state index contributed by atoms with van der Waals surface area (Å²) in [4.78, 5) is 10.6. The highest BCUT2D eigenvalue weighted by atomic mass is 32.1. The third-order valence-electron chi connectivity index (χ3n) is 9.12. The van der Waals surface area contributed by atoms with Crippen LogP contribution in [0.15, 0.2) is 120 Å². The van der Waals surface area contributed by atoms with E-state index in [2.05, 4.69) is 89.5 Å². The van der Waals surface area contributed by atoms with Crippen LogP contribution in [0.25, 0.3) is 103 Å². The number of hydrogen-bond donors (Lipinski definition) is 0. The van der Waals surface area contributed by atoms with Gasteiger partial charge in [-0.05, 0) is 59.3 Å². The molecule has 4 heterocycles. The molecule has 198 valence electrons. The summed E-state index contributed by atoms with van der Waals surface area (Å²) in [7, 11) is 0. The lowest BCUT2D eigenvalue weighted by molar-refractivity contribution is 0.669. The summed E-state index contributed by atoms with van der Waals surface area (Å²) < 4.78 is 11.5. The van der Waals surface area contributed by atoms with Crippen molar-refractivity contribution in [3.63, 3.8) is 0 Å². The Kier molecular flexibility index (Phi) is 3.94. The molecule has 0 saturated carbocycles. The second kappa shape index (κ2) is 7.65. The molecule has 4 nitrogen and oxygen atoms in total. The van der Waals surface area contributed by atoms with Crippen LogP contribution in [-0.4, -0.2) is 14.5 Å². The molecular weight excluding hydrogens is 547 g/mol. The van der Waals surface area contributed by atoms with E-state index in [1.165, 1.54) is 52.5 Å². The van der Waals surface area contributed by atoms with E-state index in [0.717, 1.165) is 50.3 Å². The van der Waals surface area contributed by atoms with Crippen LogP contribution in [0.1, 0.15) is 0 Å². The standard InChI is InChI=1S/C38H19N3OS/c1-2-8-20(9-3-1)37-38(40-24-13-5-4-12-23(24)39-37)41-25-14-6-10-21-22-11-7-15-29-32(22)36-30(43-29)19-18-28-35(36)34-27(42-28)17-16-26(41)33(34)31(21)25/h1-19H. The van der Waals surface area contributed by atoms with Crippen molar-refractivity contribution in [2.24, 2.45) is 0 Å². The molecule has 0 unspecified atom stereocenters. The van der Waals surface area contributed by atoms with Crippen LogP contribution in [0.5, 0.6) is 0 Å². The molecule has 0 aliphatic carbocycles. The van der Waals surface area contributed by atoms with Crippen molar-refractivity contribution in [3.05, 3.63) is 115 Å². The van der Waals surface area contributed by atoms with Crippen LogP contribution in [0.3, 0.4) is 0 Å². The van der Waals surface area contributed by atoms with E-state index >= 15 is 0 Å². The Morgan fingerprint density at radius 1 is 0.488 bits per heavy atom. The van der Waals surface area contributed by atoms with Crippen molar-refractivity contribution in [2.75, 3.05) is 0 Å². The SMILES string of the molecule is c1ccc(-c2nc3ccccc3nc2-n2c3cccc4c5cccc6sc7ccc8oc9ccc2c(c9c8c7c65)c43)cc1. The Balaban J connectivity index is 1.45. The number of thiophene rings is 1. The lowest BCUT2D eigenvalue weighted by Crippen LogP contribution is -2.03. The number of fused-ring (bicyclic) bond motifs is 2. The predicted octanol–water partition coefficient (Wildman–Crippen LogP) is 10.7. The Morgan fingerprint density at radius 3 is 2.02 bits per heavy atom. The van der Waals surface area contributed by atoms with E-state index in [1.807, 2.05) is 41.7 Å². The molecule has 0 atom stereocenters. The van der Waals surface area contributed by atoms with Gasteiger partial charge in [0.25, 0.3) is 0 Å². The first-order valence-corrected chi connectivity index (χ1v) is 15.2. The number of benzene rings is 6. The third kappa shape index (κ3) is 2.67. The zero-order valence-electron chi connectivity index (χ0n) is 22.6. The van der Waals surface area contributed by atoms with Crippen LogP contribution in [0.4, 0.5) is 0 Å². The van der Waals surface area contributed by atoms with Crippen LogP contribution in [-0.2, 0) is 0 Å². The molecule has 0 amide bonds. The fourth-order valence-corrected chi connectivity index (χ4v) is 8.56. The average Bonchev–Trinajstić information content (AvgIpc) is 3.72. The van der Waals surface area contributed by atoms with Crippen LogP contribution in [0.2, 0.25) is 0 Å². The number of aromatic nitrogens is 3. The first-order valence-electron chi connectivity index (χ1n) is 14.4. The van der Waals surface area contributed by atoms with E-state index < -0.39 is 0 Å². The highest BCUT2D eigenvalue weighted by molar-refractivity contribution is 7.26. The summed E-state index contributed by atoms with van der Waals surface area (Å²) in [5, 5.41) is 9.92. The maximum atomic E-state index is 6.59. The normalized spacial score (nSPS) is 12.7. The first-order chi connectivity index (χ1) is 21.3. The summed E-state index contributed by atoms with van der Waals surface area (Å²) >= 11 is 1.86. The number of nitrogens with zero attached hydrogens (tertiary/aromatic N) is 3. The fraction of sp³-hybridized carbons (Fsp3) is 0. The molecule has 0 aliphatic rings. The first kappa shape index (κ1) is 22.1. The van der Waals surface area contributed by atoms with Gasteiger partial charge in [0.2, 0.25) is 0 Å². The molecule has 11 aromatic rings. The molecule has 0 N–H and O–H groups in total.